The molecule has 5 N–H and O–H groups in total. The van der Waals surface area contributed by atoms with Gasteiger partial charge < -0.3 is 30.4 Å². The van der Waals surface area contributed by atoms with E-state index in [1.54, 1.807) is 0 Å². The number of carbonyl (C=O) groups is 2. The first-order valence-corrected chi connectivity index (χ1v) is 11.9. The van der Waals surface area contributed by atoms with Crippen molar-refractivity contribution in [1.82, 2.24) is 14.2 Å². The fraction of sp³-hybridized carbons (Fsp3) is 0.400. The molecule has 0 aliphatic carbocycles. The molecule has 0 radical (unpaired) electrons. The predicted octanol–water partition coefficient (Wildman–Crippen LogP) is -0.488. The second kappa shape index (κ2) is 9.14. The average Bonchev–Trinajstić information content (AvgIpc) is 3.34. The summed E-state index contributed by atoms with van der Waals surface area (Å²) in [6.07, 6.45) is 1.14. The number of likely N-dealkylation sites (tertiary alicyclic amines) is 1. The van der Waals surface area contributed by atoms with Gasteiger partial charge in [-0.05, 0) is 0 Å². The summed E-state index contributed by atoms with van der Waals surface area (Å²) in [6.45, 7) is -0.545. The Labute approximate surface area is 197 Å². The number of nitrogens with one attached hydrogen (secondary N) is 2. The molecule has 2 aliphatic rings. The number of aliphatic hydroxyl groups is 1. The van der Waals surface area contributed by atoms with Crippen LogP contribution < -0.4 is 20.5 Å². The van der Waals surface area contributed by atoms with Gasteiger partial charge in [0.05, 0.1) is 13.2 Å². The lowest BCUT2D eigenvalue weighted by molar-refractivity contribution is -0.132. The van der Waals surface area contributed by atoms with Crippen molar-refractivity contribution < 1.29 is 41.0 Å². The number of hydrogen-bond acceptors (Lipinski definition) is 7. The average molecular weight is 517 g/mol. The second-order valence-corrected chi connectivity index (χ2v) is 10.0. The standard InChI is InChI=1S/C20H22F3N5O6S/c1-27-6-15-18(17(27)19(30)25-10-2-11(21)16(23)12(22)3-10)34-8-9-4-28(20(31)13(24)7-29)5-14(9)26-35(15,32)33/h2-3,6,9,13-14,26,29H,4-5,7-8,24H2,1H3,(H,25,30)/t9-,13?,14-/m1/s1. The number of fused-ring (bicyclic) bond motifs is 2. The summed E-state index contributed by atoms with van der Waals surface area (Å²) in [7, 11) is -2.85. The molecule has 3 heterocycles. The number of carbonyl (C=O) groups excluding carboxylic acids is 2. The van der Waals surface area contributed by atoms with Gasteiger partial charge in [0.25, 0.3) is 5.91 Å². The summed E-state index contributed by atoms with van der Waals surface area (Å²) in [4.78, 5) is 26.2. The highest BCUT2D eigenvalue weighted by Gasteiger charge is 2.43. The van der Waals surface area contributed by atoms with Crippen molar-refractivity contribution in [2.45, 2.75) is 17.0 Å². The molecule has 4 rings (SSSR count). The number of sulfonamides is 1. The maximum Gasteiger partial charge on any atom is 0.276 e. The molecule has 1 saturated heterocycles. The maximum absolute atomic E-state index is 13.5. The molecule has 0 spiro atoms. The first-order valence-electron chi connectivity index (χ1n) is 10.4. The smallest absolute Gasteiger partial charge is 0.276 e. The molecule has 3 atom stereocenters. The van der Waals surface area contributed by atoms with Gasteiger partial charge in [0.2, 0.25) is 15.9 Å². The zero-order valence-corrected chi connectivity index (χ0v) is 19.1. The van der Waals surface area contributed by atoms with E-state index in [-0.39, 0.29) is 36.0 Å². The van der Waals surface area contributed by atoms with Crippen LogP contribution in [0.5, 0.6) is 5.75 Å². The molecule has 11 nitrogen and oxygen atoms in total. The van der Waals surface area contributed by atoms with Gasteiger partial charge in [0.15, 0.2) is 28.9 Å². The first-order chi connectivity index (χ1) is 16.4. The van der Waals surface area contributed by atoms with E-state index in [0.717, 1.165) is 6.20 Å². The third kappa shape index (κ3) is 4.59. The molecule has 35 heavy (non-hydrogen) atoms. The molecular formula is C20H22F3N5O6S. The van der Waals surface area contributed by atoms with Crippen molar-refractivity contribution in [2.24, 2.45) is 18.7 Å². The lowest BCUT2D eigenvalue weighted by atomic mass is 10.1. The number of anilines is 1. The summed E-state index contributed by atoms with van der Waals surface area (Å²) in [6, 6.07) is -0.695. The Morgan fingerprint density at radius 2 is 1.94 bits per heavy atom. The zero-order valence-electron chi connectivity index (χ0n) is 18.3. The number of amides is 2. The Morgan fingerprint density at radius 3 is 2.57 bits per heavy atom. The maximum atomic E-state index is 13.5. The van der Waals surface area contributed by atoms with E-state index in [1.807, 2.05) is 0 Å². The van der Waals surface area contributed by atoms with Crippen molar-refractivity contribution in [1.29, 1.82) is 0 Å². The SMILES string of the molecule is Cn1cc2c(c1C(=O)Nc1cc(F)c(F)c(F)c1)OC[C@H]1CN(C(=O)C(N)CO)C[C@H]1NS2(=O)=O. The Bertz CT molecular complexity index is 1280. The van der Waals surface area contributed by atoms with Crippen LogP contribution in [-0.2, 0) is 21.9 Å². The number of aryl methyl sites for hydroxylation is 1. The number of nitrogens with zero attached hydrogens (tertiary/aromatic N) is 2. The molecule has 1 unspecified atom stereocenters. The fourth-order valence-corrected chi connectivity index (χ4v) is 5.60. The summed E-state index contributed by atoms with van der Waals surface area (Å²) in [5.41, 5.74) is 4.93. The van der Waals surface area contributed by atoms with Gasteiger partial charge in [0.1, 0.15) is 10.9 Å². The third-order valence-corrected chi connectivity index (χ3v) is 7.35. The van der Waals surface area contributed by atoms with E-state index >= 15 is 0 Å². The van der Waals surface area contributed by atoms with Crippen molar-refractivity contribution >= 4 is 27.5 Å². The van der Waals surface area contributed by atoms with Gasteiger partial charge in [-0.3, -0.25) is 9.59 Å². The minimum Gasteiger partial charge on any atom is -0.489 e. The summed E-state index contributed by atoms with van der Waals surface area (Å²) < 4.78 is 75.9. The number of nitrogens with two attached hydrogens (primary N) is 1. The fourth-order valence-electron chi connectivity index (χ4n) is 4.11. The number of rotatable bonds is 4. The molecular weight excluding hydrogens is 495 g/mol. The van der Waals surface area contributed by atoms with Crippen LogP contribution in [0.4, 0.5) is 18.9 Å². The highest BCUT2D eigenvalue weighted by molar-refractivity contribution is 7.89. The van der Waals surface area contributed by atoms with E-state index in [9.17, 15) is 31.2 Å². The Hall–Kier alpha value is -3.14. The van der Waals surface area contributed by atoms with Crippen LogP contribution in [-0.4, -0.2) is 73.2 Å². The van der Waals surface area contributed by atoms with Crippen LogP contribution in [0.2, 0.25) is 0 Å². The largest absolute Gasteiger partial charge is 0.489 e. The van der Waals surface area contributed by atoms with Crippen molar-refractivity contribution in [3.05, 3.63) is 41.5 Å². The van der Waals surface area contributed by atoms with Crippen LogP contribution >= 0.6 is 0 Å². The van der Waals surface area contributed by atoms with Gasteiger partial charge in [-0.1, -0.05) is 0 Å². The summed E-state index contributed by atoms with van der Waals surface area (Å²) >= 11 is 0. The highest BCUT2D eigenvalue weighted by atomic mass is 32.2. The van der Waals surface area contributed by atoms with Crippen LogP contribution in [0.3, 0.4) is 0 Å². The van der Waals surface area contributed by atoms with E-state index in [1.165, 1.54) is 16.5 Å². The quantitative estimate of drug-likeness (QED) is 0.399. The molecule has 2 aromatic rings. The molecule has 1 aromatic carbocycles. The lowest BCUT2D eigenvalue weighted by Gasteiger charge is -2.23. The van der Waals surface area contributed by atoms with Crippen molar-refractivity contribution in [2.75, 3.05) is 31.6 Å². The van der Waals surface area contributed by atoms with E-state index in [2.05, 4.69) is 10.0 Å². The number of ether oxygens (including phenoxy) is 1. The van der Waals surface area contributed by atoms with E-state index < -0.39 is 69.6 Å². The van der Waals surface area contributed by atoms with Crippen molar-refractivity contribution in [3.63, 3.8) is 0 Å². The molecule has 0 bridgehead atoms. The lowest BCUT2D eigenvalue weighted by Crippen LogP contribution is -2.46. The van der Waals surface area contributed by atoms with E-state index in [4.69, 9.17) is 15.6 Å². The molecule has 2 aliphatic heterocycles. The molecule has 2 amide bonds. The first kappa shape index (κ1) is 25.0. The van der Waals surface area contributed by atoms with Crippen LogP contribution in [0.25, 0.3) is 0 Å². The van der Waals surface area contributed by atoms with Gasteiger partial charge in [-0.15, -0.1) is 0 Å². The van der Waals surface area contributed by atoms with Crippen LogP contribution in [0, 0.1) is 23.4 Å². The molecule has 0 saturated carbocycles. The molecule has 15 heteroatoms. The van der Waals surface area contributed by atoms with Crippen LogP contribution in [0.1, 0.15) is 10.5 Å². The van der Waals surface area contributed by atoms with Gasteiger partial charge in [0, 0.05) is 56.1 Å². The Kier molecular flexibility index (Phi) is 6.52. The number of halogens is 3. The second-order valence-electron chi connectivity index (χ2n) is 8.32. The number of benzene rings is 1. The highest BCUT2D eigenvalue weighted by Crippen LogP contribution is 2.35. The summed E-state index contributed by atoms with van der Waals surface area (Å²) in [5, 5.41) is 11.3. The van der Waals surface area contributed by atoms with E-state index in [0.29, 0.717) is 12.1 Å². The minimum absolute atomic E-state index is 0.0109. The topological polar surface area (TPSA) is 156 Å². The Morgan fingerprint density at radius 1 is 1.29 bits per heavy atom. The third-order valence-electron chi connectivity index (χ3n) is 5.86. The normalized spacial score (nSPS) is 21.8. The number of hydrogen-bond donors (Lipinski definition) is 4. The van der Waals surface area contributed by atoms with Crippen molar-refractivity contribution in [3.8, 4) is 5.75 Å². The van der Waals surface area contributed by atoms with Gasteiger partial charge in [-0.2, -0.15) is 0 Å². The summed E-state index contributed by atoms with van der Waals surface area (Å²) in [5.74, 6) is -7.03. The van der Waals surface area contributed by atoms with Gasteiger partial charge in [-0.25, -0.2) is 26.3 Å². The number of aromatic nitrogens is 1. The van der Waals surface area contributed by atoms with Gasteiger partial charge >= 0.3 is 0 Å². The monoisotopic (exact) mass is 517 g/mol. The molecule has 190 valence electrons. The molecule has 1 fully saturated rings. The van der Waals surface area contributed by atoms with Crippen LogP contribution in [0.15, 0.2) is 23.2 Å². The Balaban J connectivity index is 1.63. The molecule has 1 aromatic heterocycles. The predicted molar refractivity (Wildman–Crippen MR) is 114 cm³/mol. The minimum atomic E-state index is -4.22. The zero-order chi connectivity index (χ0) is 25.7. The number of aliphatic hydroxyl groups excluding tert-OH is 1.